The van der Waals surface area contributed by atoms with Crippen LogP contribution in [0.25, 0.3) is 0 Å². The van der Waals surface area contributed by atoms with Crippen molar-refractivity contribution < 1.29 is 23.9 Å². The smallest absolute Gasteiger partial charge is 0.308 e. The van der Waals surface area contributed by atoms with E-state index in [-0.39, 0.29) is 36.6 Å². The zero-order chi connectivity index (χ0) is 19.4. The van der Waals surface area contributed by atoms with Gasteiger partial charge in [0.2, 0.25) is 11.8 Å². The van der Waals surface area contributed by atoms with E-state index >= 15 is 0 Å². The number of esters is 1. The summed E-state index contributed by atoms with van der Waals surface area (Å²) in [5, 5.41) is 2.63. The summed E-state index contributed by atoms with van der Waals surface area (Å²) in [7, 11) is 0. The number of hydrogen-bond donors (Lipinski definition) is 1. The molecule has 1 N–H and O–H groups in total. The number of fused-ring (bicyclic) bond motifs is 1. The summed E-state index contributed by atoms with van der Waals surface area (Å²) in [6.07, 6.45) is 3.32. The van der Waals surface area contributed by atoms with Crippen LogP contribution in [0.3, 0.4) is 0 Å². The van der Waals surface area contributed by atoms with E-state index in [1.165, 1.54) is 4.90 Å². The average molecular weight is 372 g/mol. The SMILES string of the molecule is Cc1ccc(NC(=O)COC(=O)CCN2C(=O)[C@H]3CCCC[C@H]3C2=O)cc1. The van der Waals surface area contributed by atoms with Crippen molar-refractivity contribution in [3.05, 3.63) is 29.8 Å². The maximum Gasteiger partial charge on any atom is 0.308 e. The maximum absolute atomic E-state index is 12.3. The Kier molecular flexibility index (Phi) is 5.88. The minimum Gasteiger partial charge on any atom is -0.456 e. The Morgan fingerprint density at radius 2 is 1.67 bits per heavy atom. The van der Waals surface area contributed by atoms with Gasteiger partial charge in [-0.25, -0.2) is 0 Å². The summed E-state index contributed by atoms with van der Waals surface area (Å²) in [5.74, 6) is -1.83. The van der Waals surface area contributed by atoms with Gasteiger partial charge in [0.15, 0.2) is 6.61 Å². The quantitative estimate of drug-likeness (QED) is 0.609. The number of aryl methyl sites for hydroxylation is 1. The lowest BCUT2D eigenvalue weighted by molar-refractivity contribution is -0.148. The number of nitrogens with one attached hydrogen (secondary N) is 1. The number of likely N-dealkylation sites (tertiary alicyclic amines) is 1. The van der Waals surface area contributed by atoms with E-state index in [0.717, 1.165) is 31.2 Å². The molecule has 1 heterocycles. The number of carbonyl (C=O) groups is 4. The first kappa shape index (κ1) is 19.1. The van der Waals surface area contributed by atoms with Crippen molar-refractivity contribution in [3.63, 3.8) is 0 Å². The minimum absolute atomic E-state index is 0.0169. The normalized spacial score (nSPS) is 21.7. The van der Waals surface area contributed by atoms with Crippen LogP contribution in [0.5, 0.6) is 0 Å². The molecule has 2 fully saturated rings. The van der Waals surface area contributed by atoms with Crippen molar-refractivity contribution in [2.75, 3.05) is 18.5 Å². The first-order chi connectivity index (χ1) is 13.0. The lowest BCUT2D eigenvalue weighted by Crippen LogP contribution is -2.33. The summed E-state index contributed by atoms with van der Waals surface area (Å²) < 4.78 is 4.95. The Balaban J connectivity index is 1.42. The second-order valence-electron chi connectivity index (χ2n) is 7.15. The number of rotatable bonds is 6. The van der Waals surface area contributed by atoms with Gasteiger partial charge in [-0.3, -0.25) is 24.1 Å². The Bertz CT molecular complexity index is 719. The van der Waals surface area contributed by atoms with Crippen molar-refractivity contribution in [1.29, 1.82) is 0 Å². The molecule has 1 saturated carbocycles. The van der Waals surface area contributed by atoms with Crippen LogP contribution >= 0.6 is 0 Å². The molecule has 0 spiro atoms. The van der Waals surface area contributed by atoms with Gasteiger partial charge < -0.3 is 10.1 Å². The van der Waals surface area contributed by atoms with Crippen molar-refractivity contribution >= 4 is 29.4 Å². The van der Waals surface area contributed by atoms with E-state index in [4.69, 9.17) is 4.74 Å². The lowest BCUT2D eigenvalue weighted by atomic mass is 9.81. The third-order valence-corrected chi connectivity index (χ3v) is 5.17. The molecule has 144 valence electrons. The van der Waals surface area contributed by atoms with Gasteiger partial charge in [-0.1, -0.05) is 30.5 Å². The molecule has 0 radical (unpaired) electrons. The summed E-state index contributed by atoms with van der Waals surface area (Å²) >= 11 is 0. The minimum atomic E-state index is -0.607. The van der Waals surface area contributed by atoms with Gasteiger partial charge in [-0.05, 0) is 31.9 Å². The number of hydrogen-bond acceptors (Lipinski definition) is 5. The predicted octanol–water partition coefficient (Wildman–Crippen LogP) is 2.04. The number of ether oxygens (including phenoxy) is 1. The molecular formula is C20H24N2O5. The number of carbonyl (C=O) groups excluding carboxylic acids is 4. The Labute approximate surface area is 158 Å². The van der Waals surface area contributed by atoms with Crippen LogP contribution in [-0.2, 0) is 23.9 Å². The lowest BCUT2D eigenvalue weighted by Gasteiger charge is -2.19. The van der Waals surface area contributed by atoms with E-state index in [0.29, 0.717) is 5.69 Å². The molecule has 3 rings (SSSR count). The van der Waals surface area contributed by atoms with Gasteiger partial charge in [0.1, 0.15) is 0 Å². The molecule has 1 saturated heterocycles. The van der Waals surface area contributed by atoms with Crippen LogP contribution in [-0.4, -0.2) is 41.7 Å². The molecule has 27 heavy (non-hydrogen) atoms. The molecule has 7 nitrogen and oxygen atoms in total. The molecule has 1 aliphatic carbocycles. The fourth-order valence-corrected chi connectivity index (χ4v) is 3.71. The third kappa shape index (κ3) is 4.53. The standard InChI is InChI=1S/C20H24N2O5/c1-13-6-8-14(9-7-13)21-17(23)12-27-18(24)10-11-22-19(25)15-4-2-3-5-16(15)20(22)26/h6-9,15-16H,2-5,10-12H2,1H3,(H,21,23)/t15-,16+. The van der Waals surface area contributed by atoms with Crippen LogP contribution in [0.1, 0.15) is 37.7 Å². The molecule has 0 aromatic heterocycles. The molecule has 1 aromatic carbocycles. The van der Waals surface area contributed by atoms with E-state index < -0.39 is 18.5 Å². The molecule has 0 unspecified atom stereocenters. The molecule has 1 aliphatic heterocycles. The summed E-state index contributed by atoms with van der Waals surface area (Å²) in [6.45, 7) is 1.56. The Hall–Kier alpha value is -2.70. The van der Waals surface area contributed by atoms with Gasteiger partial charge >= 0.3 is 5.97 Å². The van der Waals surface area contributed by atoms with Crippen molar-refractivity contribution in [3.8, 4) is 0 Å². The number of anilines is 1. The highest BCUT2D eigenvalue weighted by Crippen LogP contribution is 2.37. The van der Waals surface area contributed by atoms with Gasteiger partial charge in [-0.2, -0.15) is 0 Å². The van der Waals surface area contributed by atoms with Crippen LogP contribution in [0, 0.1) is 18.8 Å². The highest BCUT2D eigenvalue weighted by Gasteiger charge is 2.47. The molecule has 2 aliphatic rings. The second-order valence-corrected chi connectivity index (χ2v) is 7.15. The van der Waals surface area contributed by atoms with Crippen LogP contribution in [0.15, 0.2) is 24.3 Å². The second kappa shape index (κ2) is 8.33. The third-order valence-electron chi connectivity index (χ3n) is 5.17. The van der Waals surface area contributed by atoms with Gasteiger partial charge in [0.25, 0.3) is 5.91 Å². The Morgan fingerprint density at radius 1 is 1.07 bits per heavy atom. The molecule has 7 heteroatoms. The summed E-state index contributed by atoms with van der Waals surface area (Å²) in [5.41, 5.74) is 1.70. The number of amides is 3. The first-order valence-corrected chi connectivity index (χ1v) is 9.33. The van der Waals surface area contributed by atoms with Gasteiger partial charge in [0.05, 0.1) is 18.3 Å². The van der Waals surface area contributed by atoms with Gasteiger partial charge in [0, 0.05) is 12.2 Å². The van der Waals surface area contributed by atoms with E-state index in [2.05, 4.69) is 5.32 Å². The number of nitrogens with zero attached hydrogens (tertiary/aromatic N) is 1. The molecular weight excluding hydrogens is 348 g/mol. The summed E-state index contributed by atoms with van der Waals surface area (Å²) in [6, 6.07) is 7.25. The highest BCUT2D eigenvalue weighted by atomic mass is 16.5. The molecule has 3 amide bonds. The van der Waals surface area contributed by atoms with Crippen LogP contribution in [0.4, 0.5) is 5.69 Å². The largest absolute Gasteiger partial charge is 0.456 e. The predicted molar refractivity (Wildman–Crippen MR) is 97.6 cm³/mol. The van der Waals surface area contributed by atoms with Crippen molar-refractivity contribution in [2.45, 2.75) is 39.0 Å². The van der Waals surface area contributed by atoms with E-state index in [9.17, 15) is 19.2 Å². The molecule has 0 bridgehead atoms. The van der Waals surface area contributed by atoms with Crippen molar-refractivity contribution in [2.24, 2.45) is 11.8 Å². The molecule has 2 atom stereocenters. The Morgan fingerprint density at radius 3 is 2.26 bits per heavy atom. The maximum atomic E-state index is 12.3. The average Bonchev–Trinajstić information content (AvgIpc) is 2.91. The monoisotopic (exact) mass is 372 g/mol. The fourth-order valence-electron chi connectivity index (χ4n) is 3.71. The van der Waals surface area contributed by atoms with E-state index in [1.54, 1.807) is 12.1 Å². The van der Waals surface area contributed by atoms with Gasteiger partial charge in [-0.15, -0.1) is 0 Å². The summed E-state index contributed by atoms with van der Waals surface area (Å²) in [4.78, 5) is 49.6. The number of imide groups is 1. The zero-order valence-electron chi connectivity index (χ0n) is 15.4. The van der Waals surface area contributed by atoms with E-state index in [1.807, 2.05) is 19.1 Å². The highest BCUT2D eigenvalue weighted by molar-refractivity contribution is 6.05. The number of benzene rings is 1. The van der Waals surface area contributed by atoms with Crippen LogP contribution < -0.4 is 5.32 Å². The first-order valence-electron chi connectivity index (χ1n) is 9.33. The zero-order valence-corrected chi connectivity index (χ0v) is 15.4. The topological polar surface area (TPSA) is 92.8 Å². The van der Waals surface area contributed by atoms with Crippen molar-refractivity contribution in [1.82, 2.24) is 4.90 Å². The fraction of sp³-hybridized carbons (Fsp3) is 0.500. The molecule has 1 aromatic rings. The van der Waals surface area contributed by atoms with Crippen LogP contribution in [0.2, 0.25) is 0 Å².